The fraction of sp³-hybridized carbons (Fsp3) is 0.278. The first kappa shape index (κ1) is 16.0. The molecule has 6 heteroatoms. The van der Waals surface area contributed by atoms with Gasteiger partial charge in [0, 0.05) is 29.7 Å². The summed E-state index contributed by atoms with van der Waals surface area (Å²) in [5.74, 6) is 1.42. The van der Waals surface area contributed by atoms with Crippen LogP contribution in [0.5, 0.6) is 5.75 Å². The van der Waals surface area contributed by atoms with Crippen molar-refractivity contribution < 1.29 is 4.74 Å². The Morgan fingerprint density at radius 1 is 1.08 bits per heavy atom. The van der Waals surface area contributed by atoms with Crippen LogP contribution >= 0.6 is 0 Å². The highest BCUT2D eigenvalue weighted by atomic mass is 16.5. The van der Waals surface area contributed by atoms with E-state index in [0.29, 0.717) is 12.5 Å². The maximum atomic E-state index is 5.38. The lowest BCUT2D eigenvalue weighted by atomic mass is 10.2. The summed E-state index contributed by atoms with van der Waals surface area (Å²) in [6.45, 7) is 6.63. The number of nitrogens with zero attached hydrogens (tertiary/aromatic N) is 4. The van der Waals surface area contributed by atoms with Crippen molar-refractivity contribution in [1.82, 2.24) is 19.7 Å². The highest BCUT2D eigenvalue weighted by Crippen LogP contribution is 2.21. The lowest BCUT2D eigenvalue weighted by Crippen LogP contribution is -2.06. The van der Waals surface area contributed by atoms with Crippen LogP contribution in [0.3, 0.4) is 0 Å². The highest BCUT2D eigenvalue weighted by Gasteiger charge is 2.08. The molecule has 0 bridgehead atoms. The Morgan fingerprint density at radius 2 is 1.79 bits per heavy atom. The number of methoxy groups -OCH3 is 1. The molecule has 6 nitrogen and oxygen atoms in total. The third-order valence-electron chi connectivity index (χ3n) is 4.05. The summed E-state index contributed by atoms with van der Waals surface area (Å²) in [4.78, 5) is 8.94. The normalized spacial score (nSPS) is 10.7. The number of aryl methyl sites for hydroxylation is 2. The Bertz CT molecular complexity index is 833. The van der Waals surface area contributed by atoms with Crippen LogP contribution in [0.15, 0.2) is 36.7 Å². The lowest BCUT2D eigenvalue weighted by molar-refractivity contribution is 0.411. The van der Waals surface area contributed by atoms with Crippen LogP contribution in [0.2, 0.25) is 0 Å². The molecule has 0 unspecified atom stereocenters. The molecule has 1 aromatic carbocycles. The molecule has 2 heterocycles. The Balaban J connectivity index is 1.75. The van der Waals surface area contributed by atoms with E-state index in [4.69, 9.17) is 4.74 Å². The molecule has 0 aliphatic carbocycles. The summed E-state index contributed by atoms with van der Waals surface area (Å²) in [5, 5.41) is 7.67. The second kappa shape index (κ2) is 6.70. The highest BCUT2D eigenvalue weighted by molar-refractivity contribution is 5.46. The molecule has 2 aromatic heterocycles. The first-order valence-electron chi connectivity index (χ1n) is 7.81. The number of para-hydroxylation sites is 2. The SMILES string of the molecule is COc1ccccc1-n1cc(CNc2nc(C)c(C)c(C)n2)cn1. The predicted octanol–water partition coefficient (Wildman–Crippen LogP) is 3.21. The second-order valence-corrected chi connectivity index (χ2v) is 5.66. The number of anilines is 1. The molecule has 3 rings (SSSR count). The van der Waals surface area contributed by atoms with Gasteiger partial charge in [-0.15, -0.1) is 0 Å². The Labute approximate surface area is 141 Å². The first-order valence-corrected chi connectivity index (χ1v) is 7.81. The van der Waals surface area contributed by atoms with E-state index < -0.39 is 0 Å². The summed E-state index contributed by atoms with van der Waals surface area (Å²) >= 11 is 0. The largest absolute Gasteiger partial charge is 0.494 e. The summed E-state index contributed by atoms with van der Waals surface area (Å²) in [6.07, 6.45) is 3.80. The number of hydrogen-bond acceptors (Lipinski definition) is 5. The molecular weight excluding hydrogens is 302 g/mol. The third-order valence-corrected chi connectivity index (χ3v) is 4.05. The van der Waals surface area contributed by atoms with Gasteiger partial charge >= 0.3 is 0 Å². The van der Waals surface area contributed by atoms with Crippen molar-refractivity contribution in [3.8, 4) is 11.4 Å². The van der Waals surface area contributed by atoms with Crippen LogP contribution in [-0.4, -0.2) is 26.9 Å². The molecule has 0 saturated carbocycles. The monoisotopic (exact) mass is 323 g/mol. The minimum Gasteiger partial charge on any atom is -0.494 e. The van der Waals surface area contributed by atoms with Crippen LogP contribution in [0.4, 0.5) is 5.95 Å². The van der Waals surface area contributed by atoms with Crippen LogP contribution in [0, 0.1) is 20.8 Å². The van der Waals surface area contributed by atoms with E-state index in [0.717, 1.165) is 34.0 Å². The molecule has 1 N–H and O–H groups in total. The zero-order chi connectivity index (χ0) is 17.1. The molecule has 0 aliphatic heterocycles. The number of aromatic nitrogens is 4. The van der Waals surface area contributed by atoms with Crippen molar-refractivity contribution in [3.05, 3.63) is 59.2 Å². The summed E-state index contributed by atoms with van der Waals surface area (Å²) in [6, 6.07) is 7.79. The molecule has 0 saturated heterocycles. The van der Waals surface area contributed by atoms with E-state index in [9.17, 15) is 0 Å². The standard InChI is InChI=1S/C18H21N5O/c1-12-13(2)21-18(22-14(12)3)19-9-15-10-20-23(11-15)16-7-5-6-8-17(16)24-4/h5-8,10-11H,9H2,1-4H3,(H,19,21,22). The minimum atomic E-state index is 0.608. The van der Waals surface area contributed by atoms with E-state index in [1.54, 1.807) is 7.11 Å². The lowest BCUT2D eigenvalue weighted by Gasteiger charge is -2.08. The van der Waals surface area contributed by atoms with Gasteiger partial charge in [-0.1, -0.05) is 12.1 Å². The average molecular weight is 323 g/mol. The smallest absolute Gasteiger partial charge is 0.223 e. The van der Waals surface area contributed by atoms with E-state index >= 15 is 0 Å². The van der Waals surface area contributed by atoms with Crippen molar-refractivity contribution in [2.24, 2.45) is 0 Å². The number of ether oxygens (including phenoxy) is 1. The van der Waals surface area contributed by atoms with Crippen LogP contribution < -0.4 is 10.1 Å². The molecule has 0 fully saturated rings. The number of hydrogen-bond donors (Lipinski definition) is 1. The Morgan fingerprint density at radius 3 is 2.50 bits per heavy atom. The zero-order valence-electron chi connectivity index (χ0n) is 14.4. The van der Waals surface area contributed by atoms with Crippen molar-refractivity contribution in [1.29, 1.82) is 0 Å². The molecule has 0 atom stereocenters. The molecule has 0 spiro atoms. The van der Waals surface area contributed by atoms with Gasteiger partial charge in [0.05, 0.1) is 13.3 Å². The Hall–Kier alpha value is -2.89. The number of rotatable bonds is 5. The van der Waals surface area contributed by atoms with Gasteiger partial charge in [-0.25, -0.2) is 14.6 Å². The number of nitrogens with one attached hydrogen (secondary N) is 1. The second-order valence-electron chi connectivity index (χ2n) is 5.66. The van der Waals surface area contributed by atoms with Gasteiger partial charge in [-0.2, -0.15) is 5.10 Å². The van der Waals surface area contributed by atoms with Crippen LogP contribution in [-0.2, 0) is 6.54 Å². The maximum absolute atomic E-state index is 5.38. The van der Waals surface area contributed by atoms with Gasteiger partial charge in [-0.3, -0.25) is 0 Å². The third kappa shape index (κ3) is 3.22. The molecule has 3 aromatic rings. The predicted molar refractivity (Wildman–Crippen MR) is 93.7 cm³/mol. The average Bonchev–Trinajstić information content (AvgIpc) is 3.06. The van der Waals surface area contributed by atoms with Crippen molar-refractivity contribution >= 4 is 5.95 Å². The first-order chi connectivity index (χ1) is 11.6. The fourth-order valence-corrected chi connectivity index (χ4v) is 2.43. The van der Waals surface area contributed by atoms with Gasteiger partial charge in [0.1, 0.15) is 11.4 Å². The van der Waals surface area contributed by atoms with E-state index in [2.05, 4.69) is 20.4 Å². The van der Waals surface area contributed by atoms with Crippen LogP contribution in [0.25, 0.3) is 5.69 Å². The topological polar surface area (TPSA) is 64.9 Å². The van der Waals surface area contributed by atoms with Crippen molar-refractivity contribution in [2.45, 2.75) is 27.3 Å². The molecule has 24 heavy (non-hydrogen) atoms. The molecule has 0 radical (unpaired) electrons. The van der Waals surface area contributed by atoms with Gasteiger partial charge in [0.2, 0.25) is 5.95 Å². The maximum Gasteiger partial charge on any atom is 0.223 e. The molecular formula is C18H21N5O. The van der Waals surface area contributed by atoms with Crippen LogP contribution in [0.1, 0.15) is 22.5 Å². The Kier molecular flexibility index (Phi) is 4.46. The zero-order valence-corrected chi connectivity index (χ0v) is 14.4. The van der Waals surface area contributed by atoms with Crippen molar-refractivity contribution in [2.75, 3.05) is 12.4 Å². The fourth-order valence-electron chi connectivity index (χ4n) is 2.43. The summed E-state index contributed by atoms with van der Waals surface area (Å²) < 4.78 is 7.19. The number of benzene rings is 1. The van der Waals surface area contributed by atoms with Crippen molar-refractivity contribution in [3.63, 3.8) is 0 Å². The van der Waals surface area contributed by atoms with E-state index in [1.807, 2.05) is 62.1 Å². The summed E-state index contributed by atoms with van der Waals surface area (Å²) in [7, 11) is 1.66. The minimum absolute atomic E-state index is 0.608. The summed E-state index contributed by atoms with van der Waals surface area (Å²) in [5.41, 5.74) is 5.07. The van der Waals surface area contributed by atoms with E-state index in [-0.39, 0.29) is 0 Å². The van der Waals surface area contributed by atoms with Gasteiger partial charge in [0.25, 0.3) is 0 Å². The molecule has 0 amide bonds. The van der Waals surface area contributed by atoms with Gasteiger partial charge < -0.3 is 10.1 Å². The van der Waals surface area contributed by atoms with Gasteiger partial charge in [0.15, 0.2) is 0 Å². The molecule has 124 valence electrons. The van der Waals surface area contributed by atoms with Gasteiger partial charge in [-0.05, 0) is 38.5 Å². The van der Waals surface area contributed by atoms with E-state index in [1.165, 1.54) is 0 Å². The quantitative estimate of drug-likeness (QED) is 0.781. The molecule has 0 aliphatic rings.